The van der Waals surface area contributed by atoms with Crippen LogP contribution in [0.4, 0.5) is 5.69 Å². The first-order valence-electron chi connectivity index (χ1n) is 4.46. The van der Waals surface area contributed by atoms with E-state index in [0.29, 0.717) is 0 Å². The highest BCUT2D eigenvalue weighted by atomic mass is 127. The number of methoxy groups -OCH3 is 1. The van der Waals surface area contributed by atoms with Crippen molar-refractivity contribution in [3.05, 3.63) is 39.4 Å². The zero-order valence-corrected chi connectivity index (χ0v) is 11.0. The molecule has 0 unspecified atom stereocenters. The van der Waals surface area contributed by atoms with Crippen molar-refractivity contribution in [3.8, 4) is 0 Å². The average Bonchev–Trinajstić information content (AvgIpc) is 2.36. The summed E-state index contributed by atoms with van der Waals surface area (Å²) in [5, 5.41) is 10.7. The minimum atomic E-state index is -0.712. The molecular weight excluding hydrogens is 341 g/mol. The van der Waals surface area contributed by atoms with Crippen molar-refractivity contribution in [2.45, 2.75) is 0 Å². The number of ether oxygens (including phenoxy) is 1. The lowest BCUT2D eigenvalue weighted by Crippen LogP contribution is -2.07. The number of nitro benzene ring substituents is 1. The summed E-state index contributed by atoms with van der Waals surface area (Å²) in [4.78, 5) is 32.8. The van der Waals surface area contributed by atoms with E-state index in [1.165, 1.54) is 13.2 Å². The van der Waals surface area contributed by atoms with Crippen molar-refractivity contribution in [2.24, 2.45) is 0 Å². The number of Topliss-reactive ketones (excluding diaryl/α,β-unsaturated/α-hetero) is 1. The number of nitrogens with zero attached hydrogens (tertiary/aromatic N) is 1. The minimum Gasteiger partial charge on any atom is -0.465 e. The van der Waals surface area contributed by atoms with Crippen LogP contribution in [-0.4, -0.2) is 28.2 Å². The molecule has 0 amide bonds. The van der Waals surface area contributed by atoms with Crippen LogP contribution in [0.15, 0.2) is 18.2 Å². The van der Waals surface area contributed by atoms with Crippen molar-refractivity contribution in [1.29, 1.82) is 0 Å². The van der Waals surface area contributed by atoms with E-state index in [2.05, 4.69) is 4.74 Å². The number of hydrogen-bond acceptors (Lipinski definition) is 5. The van der Waals surface area contributed by atoms with Crippen LogP contribution in [0.3, 0.4) is 0 Å². The van der Waals surface area contributed by atoms with Gasteiger partial charge in [-0.3, -0.25) is 14.9 Å². The molecule has 1 aromatic carbocycles. The molecule has 1 rings (SSSR count). The van der Waals surface area contributed by atoms with E-state index in [0.717, 1.165) is 12.1 Å². The Morgan fingerprint density at radius 1 is 1.35 bits per heavy atom. The highest BCUT2D eigenvalue weighted by Gasteiger charge is 2.17. The lowest BCUT2D eigenvalue weighted by atomic mass is 10.1. The Hall–Kier alpha value is -1.51. The molecule has 0 heterocycles. The van der Waals surface area contributed by atoms with Crippen LogP contribution in [0.2, 0.25) is 0 Å². The van der Waals surface area contributed by atoms with Crippen molar-refractivity contribution >= 4 is 40.0 Å². The van der Waals surface area contributed by atoms with Crippen molar-refractivity contribution in [3.63, 3.8) is 0 Å². The third-order valence-electron chi connectivity index (χ3n) is 1.99. The number of ketones is 1. The van der Waals surface area contributed by atoms with Gasteiger partial charge < -0.3 is 4.74 Å². The molecule has 0 saturated carbocycles. The van der Waals surface area contributed by atoms with Gasteiger partial charge in [0.1, 0.15) is 0 Å². The first kappa shape index (κ1) is 13.6. The summed E-state index contributed by atoms with van der Waals surface area (Å²) < 4.78 is 4.64. The van der Waals surface area contributed by atoms with Gasteiger partial charge in [-0.2, -0.15) is 0 Å². The second-order valence-corrected chi connectivity index (χ2v) is 3.84. The molecule has 0 spiro atoms. The topological polar surface area (TPSA) is 86.5 Å². The fourth-order valence-corrected chi connectivity index (χ4v) is 1.63. The van der Waals surface area contributed by atoms with Gasteiger partial charge >= 0.3 is 5.97 Å². The van der Waals surface area contributed by atoms with Crippen LogP contribution < -0.4 is 0 Å². The van der Waals surface area contributed by atoms with E-state index in [9.17, 15) is 19.7 Å². The molecule has 17 heavy (non-hydrogen) atoms. The average molecular weight is 349 g/mol. The van der Waals surface area contributed by atoms with E-state index >= 15 is 0 Å². The van der Waals surface area contributed by atoms with E-state index in [1.54, 1.807) is 0 Å². The first-order valence-corrected chi connectivity index (χ1v) is 5.99. The van der Waals surface area contributed by atoms with Gasteiger partial charge in [0.25, 0.3) is 5.69 Å². The molecule has 0 aliphatic carbocycles. The number of carbonyl (C=O) groups is 2. The maximum Gasteiger partial charge on any atom is 0.338 e. The predicted molar refractivity (Wildman–Crippen MR) is 67.7 cm³/mol. The fraction of sp³-hybridized carbons (Fsp3) is 0.200. The van der Waals surface area contributed by atoms with Gasteiger partial charge in [-0.15, -0.1) is 0 Å². The number of carbonyl (C=O) groups excluding carboxylic acids is 2. The van der Waals surface area contributed by atoms with Crippen molar-refractivity contribution < 1.29 is 19.2 Å². The van der Waals surface area contributed by atoms with Crippen LogP contribution in [0.1, 0.15) is 20.7 Å². The highest BCUT2D eigenvalue weighted by molar-refractivity contribution is 14.1. The van der Waals surface area contributed by atoms with Gasteiger partial charge in [0.05, 0.1) is 22.0 Å². The van der Waals surface area contributed by atoms with Gasteiger partial charge in [-0.05, 0) is 6.07 Å². The number of benzene rings is 1. The SMILES string of the molecule is COC(=O)c1cc(C(=O)CI)cc([N+](=O)[O-])c1. The Morgan fingerprint density at radius 3 is 2.41 bits per heavy atom. The van der Waals surface area contributed by atoms with Crippen LogP contribution in [-0.2, 0) is 4.74 Å². The Morgan fingerprint density at radius 2 is 1.94 bits per heavy atom. The molecule has 1 aromatic rings. The molecule has 0 radical (unpaired) electrons. The van der Waals surface area contributed by atoms with Crippen LogP contribution in [0, 0.1) is 10.1 Å². The first-order chi connectivity index (χ1) is 7.99. The molecule has 0 saturated heterocycles. The van der Waals surface area contributed by atoms with Gasteiger partial charge in [-0.25, -0.2) is 4.79 Å². The van der Waals surface area contributed by atoms with E-state index in [-0.39, 0.29) is 27.0 Å². The van der Waals surface area contributed by atoms with Gasteiger partial charge in [0.15, 0.2) is 5.78 Å². The van der Waals surface area contributed by atoms with E-state index < -0.39 is 10.9 Å². The number of nitro groups is 1. The number of halogens is 1. The Bertz CT molecular complexity index is 451. The fourth-order valence-electron chi connectivity index (χ4n) is 1.19. The lowest BCUT2D eigenvalue weighted by molar-refractivity contribution is -0.384. The summed E-state index contributed by atoms with van der Waals surface area (Å²) in [5.74, 6) is -0.990. The molecule has 0 atom stereocenters. The molecule has 0 bridgehead atoms. The Kier molecular flexibility index (Phi) is 4.55. The molecule has 0 aliphatic heterocycles. The molecule has 6 nitrogen and oxygen atoms in total. The van der Waals surface area contributed by atoms with Crippen molar-refractivity contribution in [2.75, 3.05) is 11.5 Å². The van der Waals surface area contributed by atoms with Gasteiger partial charge in [0.2, 0.25) is 0 Å². The second kappa shape index (κ2) is 5.71. The minimum absolute atomic E-state index is 0.00472. The number of non-ortho nitro benzene ring substituents is 1. The third kappa shape index (κ3) is 3.22. The normalized spacial score (nSPS) is 9.76. The predicted octanol–water partition coefficient (Wildman–Crippen LogP) is 2.00. The maximum absolute atomic E-state index is 11.5. The standard InChI is InChI=1S/C10H8INO5/c1-17-10(14)7-2-6(9(13)5-11)3-8(4-7)12(15)16/h2-4H,5H2,1H3. The monoisotopic (exact) mass is 349 g/mol. The summed E-state index contributed by atoms with van der Waals surface area (Å²) in [6.45, 7) is 0. The largest absolute Gasteiger partial charge is 0.465 e. The van der Waals surface area contributed by atoms with Crippen LogP contribution in [0.5, 0.6) is 0 Å². The summed E-state index contributed by atoms with van der Waals surface area (Å²) in [7, 11) is 1.17. The number of rotatable bonds is 4. The molecule has 0 N–H and O–H groups in total. The molecule has 0 aliphatic rings. The van der Waals surface area contributed by atoms with Crippen LogP contribution >= 0.6 is 22.6 Å². The summed E-state index contributed by atoms with van der Waals surface area (Å²) in [6.07, 6.45) is 0. The summed E-state index contributed by atoms with van der Waals surface area (Å²) in [5.41, 5.74) is -0.176. The highest BCUT2D eigenvalue weighted by Crippen LogP contribution is 2.19. The van der Waals surface area contributed by atoms with E-state index in [4.69, 9.17) is 0 Å². The molecular formula is C10H8INO5. The maximum atomic E-state index is 11.5. The number of esters is 1. The number of hydrogen-bond donors (Lipinski definition) is 0. The number of alkyl halides is 1. The molecule has 0 fully saturated rings. The summed E-state index contributed by atoms with van der Waals surface area (Å²) in [6, 6.07) is 3.52. The zero-order chi connectivity index (χ0) is 13.0. The lowest BCUT2D eigenvalue weighted by Gasteiger charge is -2.02. The summed E-state index contributed by atoms with van der Waals surface area (Å²) >= 11 is 1.85. The van der Waals surface area contributed by atoms with E-state index in [1.807, 2.05) is 22.6 Å². The second-order valence-electron chi connectivity index (χ2n) is 3.07. The Labute approximate surface area is 110 Å². The smallest absolute Gasteiger partial charge is 0.338 e. The molecule has 7 heteroatoms. The zero-order valence-electron chi connectivity index (χ0n) is 8.81. The molecule has 90 valence electrons. The Balaban J connectivity index is 3.33. The molecule has 0 aromatic heterocycles. The third-order valence-corrected chi connectivity index (χ3v) is 2.69. The quantitative estimate of drug-likeness (QED) is 0.207. The van der Waals surface area contributed by atoms with Crippen LogP contribution in [0.25, 0.3) is 0 Å². The van der Waals surface area contributed by atoms with Gasteiger partial charge in [-0.1, -0.05) is 22.6 Å². The van der Waals surface area contributed by atoms with Gasteiger partial charge in [0, 0.05) is 17.7 Å². The van der Waals surface area contributed by atoms with Crippen molar-refractivity contribution in [1.82, 2.24) is 0 Å².